The Morgan fingerprint density at radius 3 is 2.63 bits per heavy atom. The van der Waals surface area contributed by atoms with Crippen molar-refractivity contribution in [1.29, 1.82) is 0 Å². The zero-order chi connectivity index (χ0) is 14.3. The molecule has 1 rings (SSSR count). The topological polar surface area (TPSA) is 32.3 Å². The second-order valence-corrected chi connectivity index (χ2v) is 5.10. The van der Waals surface area contributed by atoms with Crippen molar-refractivity contribution in [2.75, 3.05) is 19.6 Å². The van der Waals surface area contributed by atoms with Crippen LogP contribution in [0.15, 0.2) is 22.7 Å². The lowest BCUT2D eigenvalue weighted by atomic mass is 10.2. The summed E-state index contributed by atoms with van der Waals surface area (Å²) in [5.41, 5.74) is 0.989. The number of halogens is 2. The first-order valence-electron chi connectivity index (χ1n) is 6.50. The first-order chi connectivity index (χ1) is 9.08. The third-order valence-corrected chi connectivity index (χ3v) is 3.55. The Labute approximate surface area is 122 Å². The summed E-state index contributed by atoms with van der Waals surface area (Å²) in [6, 6.07) is 4.91. The van der Waals surface area contributed by atoms with Crippen LogP contribution >= 0.6 is 15.9 Å². The van der Waals surface area contributed by atoms with Crippen LogP contribution < -0.4 is 5.32 Å². The molecule has 1 aromatic carbocycles. The summed E-state index contributed by atoms with van der Waals surface area (Å²) in [4.78, 5) is 13.6. The summed E-state index contributed by atoms with van der Waals surface area (Å²) in [6.45, 7) is 6.71. The monoisotopic (exact) mass is 330 g/mol. The van der Waals surface area contributed by atoms with E-state index >= 15 is 0 Å². The van der Waals surface area contributed by atoms with Crippen molar-refractivity contribution in [1.82, 2.24) is 10.2 Å². The lowest BCUT2D eigenvalue weighted by molar-refractivity contribution is -0.130. The molecule has 0 unspecified atom stereocenters. The first-order valence-corrected chi connectivity index (χ1v) is 7.30. The highest BCUT2D eigenvalue weighted by atomic mass is 79.9. The fourth-order valence-electron chi connectivity index (χ4n) is 1.81. The van der Waals surface area contributed by atoms with Gasteiger partial charge in [-0.15, -0.1) is 0 Å². The summed E-state index contributed by atoms with van der Waals surface area (Å²) >= 11 is 3.15. The minimum atomic E-state index is -0.263. The Morgan fingerprint density at radius 2 is 2.05 bits per heavy atom. The van der Waals surface area contributed by atoms with Gasteiger partial charge in [0.15, 0.2) is 0 Å². The largest absolute Gasteiger partial charge is 0.343 e. The van der Waals surface area contributed by atoms with Gasteiger partial charge in [-0.1, -0.05) is 6.07 Å². The van der Waals surface area contributed by atoms with E-state index in [1.807, 2.05) is 18.7 Å². The van der Waals surface area contributed by atoms with Gasteiger partial charge >= 0.3 is 0 Å². The molecule has 0 bridgehead atoms. The molecule has 0 radical (unpaired) electrons. The fourth-order valence-corrected chi connectivity index (χ4v) is 2.24. The van der Waals surface area contributed by atoms with Crippen molar-refractivity contribution in [3.8, 4) is 0 Å². The minimum Gasteiger partial charge on any atom is -0.343 e. The minimum absolute atomic E-state index is 0.165. The van der Waals surface area contributed by atoms with Crippen molar-refractivity contribution in [3.63, 3.8) is 0 Å². The molecule has 0 atom stereocenters. The number of carbonyl (C=O) groups is 1. The van der Waals surface area contributed by atoms with Crippen LogP contribution in [0.5, 0.6) is 0 Å². The number of nitrogens with one attached hydrogen (secondary N) is 1. The molecule has 1 amide bonds. The maximum Gasteiger partial charge on any atom is 0.223 e. The Bertz CT molecular complexity index is 422. The van der Waals surface area contributed by atoms with E-state index in [9.17, 15) is 9.18 Å². The van der Waals surface area contributed by atoms with Crippen LogP contribution in [0.2, 0.25) is 0 Å². The van der Waals surface area contributed by atoms with Crippen LogP contribution in [0.1, 0.15) is 25.8 Å². The van der Waals surface area contributed by atoms with Gasteiger partial charge in [-0.2, -0.15) is 0 Å². The van der Waals surface area contributed by atoms with Crippen LogP contribution in [0.3, 0.4) is 0 Å². The smallest absolute Gasteiger partial charge is 0.223 e. The van der Waals surface area contributed by atoms with Crippen LogP contribution in [-0.4, -0.2) is 30.4 Å². The molecule has 0 fully saturated rings. The molecule has 0 aliphatic rings. The van der Waals surface area contributed by atoms with E-state index in [2.05, 4.69) is 21.2 Å². The molecule has 19 heavy (non-hydrogen) atoms. The molecular formula is C14H20BrFN2O. The zero-order valence-electron chi connectivity index (χ0n) is 11.4. The predicted octanol–water partition coefficient (Wildman–Crippen LogP) is 2.94. The van der Waals surface area contributed by atoms with Gasteiger partial charge in [0.25, 0.3) is 0 Å². The van der Waals surface area contributed by atoms with Crippen molar-refractivity contribution in [3.05, 3.63) is 34.1 Å². The van der Waals surface area contributed by atoms with Crippen molar-refractivity contribution in [2.45, 2.75) is 26.8 Å². The third-order valence-electron chi connectivity index (χ3n) is 2.94. The Morgan fingerprint density at radius 1 is 1.37 bits per heavy atom. The molecular weight excluding hydrogens is 311 g/mol. The van der Waals surface area contributed by atoms with E-state index in [1.165, 1.54) is 6.07 Å². The molecule has 5 heteroatoms. The number of nitrogens with zero attached hydrogens (tertiary/aromatic N) is 1. The number of rotatable bonds is 7. The van der Waals surface area contributed by atoms with Crippen molar-refractivity contribution in [2.24, 2.45) is 0 Å². The average molecular weight is 331 g/mol. The van der Waals surface area contributed by atoms with Gasteiger partial charge in [0.05, 0.1) is 4.47 Å². The quantitative estimate of drug-likeness (QED) is 0.779. The van der Waals surface area contributed by atoms with Crippen LogP contribution in [0.25, 0.3) is 0 Å². The molecule has 0 saturated carbocycles. The first kappa shape index (κ1) is 16.1. The average Bonchev–Trinajstić information content (AvgIpc) is 2.40. The molecule has 0 aromatic heterocycles. The number of hydrogen-bond donors (Lipinski definition) is 1. The molecule has 0 saturated heterocycles. The molecule has 0 spiro atoms. The number of amides is 1. The van der Waals surface area contributed by atoms with E-state index in [4.69, 9.17) is 0 Å². The number of benzene rings is 1. The number of hydrogen-bond acceptors (Lipinski definition) is 2. The molecule has 0 aliphatic carbocycles. The molecule has 1 N–H and O–H groups in total. The van der Waals surface area contributed by atoms with Crippen molar-refractivity contribution >= 4 is 21.8 Å². The summed E-state index contributed by atoms with van der Waals surface area (Å²) in [5, 5.41) is 3.19. The maximum atomic E-state index is 13.0. The molecule has 0 heterocycles. The summed E-state index contributed by atoms with van der Waals surface area (Å²) in [6.07, 6.45) is 0.490. The second kappa shape index (κ2) is 8.27. The van der Waals surface area contributed by atoms with E-state index in [-0.39, 0.29) is 11.7 Å². The molecule has 0 aliphatic heterocycles. The van der Waals surface area contributed by atoms with E-state index in [0.29, 0.717) is 24.0 Å². The molecule has 1 aromatic rings. The summed E-state index contributed by atoms with van der Waals surface area (Å²) in [7, 11) is 0. The van der Waals surface area contributed by atoms with E-state index in [0.717, 1.165) is 18.7 Å². The van der Waals surface area contributed by atoms with Gasteiger partial charge in [0, 0.05) is 32.6 Å². The van der Waals surface area contributed by atoms with Crippen LogP contribution in [0.4, 0.5) is 4.39 Å². The number of carbonyl (C=O) groups excluding carboxylic acids is 1. The Kier molecular flexibility index (Phi) is 7.02. The summed E-state index contributed by atoms with van der Waals surface area (Å²) < 4.78 is 13.5. The van der Waals surface area contributed by atoms with Gasteiger partial charge < -0.3 is 10.2 Å². The fraction of sp³-hybridized carbons (Fsp3) is 0.500. The van der Waals surface area contributed by atoms with Gasteiger partial charge in [-0.3, -0.25) is 4.79 Å². The van der Waals surface area contributed by atoms with E-state index in [1.54, 1.807) is 12.1 Å². The normalized spacial score (nSPS) is 10.5. The van der Waals surface area contributed by atoms with Crippen LogP contribution in [-0.2, 0) is 11.3 Å². The Balaban J connectivity index is 2.31. The molecule has 106 valence electrons. The van der Waals surface area contributed by atoms with E-state index < -0.39 is 0 Å². The standard InChI is InChI=1S/C14H20BrFN2O/c1-3-18(4-2)14(19)7-8-17-10-11-5-6-13(16)12(15)9-11/h5-6,9,17H,3-4,7-8,10H2,1-2H3. The molecule has 3 nitrogen and oxygen atoms in total. The van der Waals surface area contributed by atoms with Gasteiger partial charge in [0.1, 0.15) is 5.82 Å². The lowest BCUT2D eigenvalue weighted by Crippen LogP contribution is -2.32. The van der Waals surface area contributed by atoms with Gasteiger partial charge in [0.2, 0.25) is 5.91 Å². The predicted molar refractivity (Wildman–Crippen MR) is 78.4 cm³/mol. The highest BCUT2D eigenvalue weighted by Gasteiger charge is 2.08. The van der Waals surface area contributed by atoms with Crippen molar-refractivity contribution < 1.29 is 9.18 Å². The summed E-state index contributed by atoms with van der Waals surface area (Å²) in [5.74, 6) is -0.0988. The van der Waals surface area contributed by atoms with Crippen LogP contribution in [0, 0.1) is 5.82 Å². The van der Waals surface area contributed by atoms with Gasteiger partial charge in [-0.05, 0) is 47.5 Å². The Hall–Kier alpha value is -0.940. The maximum absolute atomic E-state index is 13.0. The van der Waals surface area contributed by atoms with Gasteiger partial charge in [-0.25, -0.2) is 4.39 Å². The lowest BCUT2D eigenvalue weighted by Gasteiger charge is -2.18. The highest BCUT2D eigenvalue weighted by Crippen LogP contribution is 2.16. The highest BCUT2D eigenvalue weighted by molar-refractivity contribution is 9.10. The third kappa shape index (κ3) is 5.28. The zero-order valence-corrected chi connectivity index (χ0v) is 13.0. The second-order valence-electron chi connectivity index (χ2n) is 4.24. The SMILES string of the molecule is CCN(CC)C(=O)CCNCc1ccc(F)c(Br)c1.